The summed E-state index contributed by atoms with van der Waals surface area (Å²) < 4.78 is 5.27. The fourth-order valence-corrected chi connectivity index (χ4v) is 3.37. The van der Waals surface area contributed by atoms with Gasteiger partial charge < -0.3 is 15.2 Å². The predicted octanol–water partition coefficient (Wildman–Crippen LogP) is 1.81. The van der Waals surface area contributed by atoms with Crippen molar-refractivity contribution >= 4 is 11.9 Å². The number of nitrogens with one attached hydrogen (secondary N) is 1. The standard InChI is InChI=1S/C15H25NO4/c1-15(6-2-3-7-15)14(19)16-10-12(13(17)18)11-4-8-20-9-5-11/h11-12H,2-10H2,1H3,(H,16,19)(H,17,18). The molecule has 2 N–H and O–H groups in total. The summed E-state index contributed by atoms with van der Waals surface area (Å²) in [6, 6.07) is 0. The van der Waals surface area contributed by atoms with Crippen LogP contribution in [0.2, 0.25) is 0 Å². The van der Waals surface area contributed by atoms with Crippen LogP contribution < -0.4 is 5.32 Å². The van der Waals surface area contributed by atoms with Crippen molar-refractivity contribution in [2.24, 2.45) is 17.3 Å². The number of rotatable bonds is 5. The molecule has 20 heavy (non-hydrogen) atoms. The van der Waals surface area contributed by atoms with Gasteiger partial charge in [-0.25, -0.2) is 0 Å². The molecule has 1 saturated heterocycles. The molecule has 2 rings (SSSR count). The highest BCUT2D eigenvalue weighted by Crippen LogP contribution is 2.37. The number of carbonyl (C=O) groups is 2. The van der Waals surface area contributed by atoms with Crippen LogP contribution in [0.25, 0.3) is 0 Å². The summed E-state index contributed by atoms with van der Waals surface area (Å²) in [5, 5.41) is 12.3. The van der Waals surface area contributed by atoms with E-state index in [9.17, 15) is 14.7 Å². The van der Waals surface area contributed by atoms with E-state index in [1.165, 1.54) is 0 Å². The zero-order valence-electron chi connectivity index (χ0n) is 12.2. The third-order valence-electron chi connectivity index (χ3n) is 4.89. The average Bonchev–Trinajstić information content (AvgIpc) is 2.88. The predicted molar refractivity (Wildman–Crippen MR) is 74.3 cm³/mol. The van der Waals surface area contributed by atoms with E-state index in [-0.39, 0.29) is 23.8 Å². The Bertz CT molecular complexity index is 357. The normalized spacial score (nSPS) is 24.2. The van der Waals surface area contributed by atoms with Gasteiger partial charge in [-0.2, -0.15) is 0 Å². The molecule has 0 aromatic rings. The lowest BCUT2D eigenvalue weighted by Crippen LogP contribution is -2.43. The van der Waals surface area contributed by atoms with E-state index < -0.39 is 11.9 Å². The van der Waals surface area contributed by atoms with Crippen LogP contribution >= 0.6 is 0 Å². The zero-order valence-corrected chi connectivity index (χ0v) is 12.2. The molecule has 0 aromatic carbocycles. The summed E-state index contributed by atoms with van der Waals surface area (Å²) in [5.41, 5.74) is -0.293. The van der Waals surface area contributed by atoms with Crippen LogP contribution in [-0.2, 0) is 14.3 Å². The van der Waals surface area contributed by atoms with Gasteiger partial charge in [0.05, 0.1) is 5.92 Å². The second kappa shape index (κ2) is 6.57. The summed E-state index contributed by atoms with van der Waals surface area (Å²) in [5.74, 6) is -1.17. The maximum Gasteiger partial charge on any atom is 0.308 e. The lowest BCUT2D eigenvalue weighted by Gasteiger charge is -2.29. The van der Waals surface area contributed by atoms with Gasteiger partial charge in [0.25, 0.3) is 0 Å². The number of aliphatic carboxylic acids is 1. The summed E-state index contributed by atoms with van der Waals surface area (Å²) in [6.07, 6.45) is 5.54. The quantitative estimate of drug-likeness (QED) is 0.807. The first-order chi connectivity index (χ1) is 9.53. The first kappa shape index (κ1) is 15.3. The molecule has 0 spiro atoms. The van der Waals surface area contributed by atoms with E-state index in [2.05, 4.69) is 5.32 Å². The fraction of sp³-hybridized carbons (Fsp3) is 0.867. The summed E-state index contributed by atoms with van der Waals surface area (Å²) >= 11 is 0. The minimum Gasteiger partial charge on any atom is -0.481 e. The molecule has 114 valence electrons. The molecule has 5 nitrogen and oxygen atoms in total. The molecule has 2 fully saturated rings. The SMILES string of the molecule is CC1(C(=O)NCC(C(=O)O)C2CCOCC2)CCCC1. The largest absolute Gasteiger partial charge is 0.481 e. The van der Waals surface area contributed by atoms with E-state index in [4.69, 9.17) is 4.74 Å². The second-order valence-electron chi connectivity index (χ2n) is 6.37. The van der Waals surface area contributed by atoms with Crippen molar-refractivity contribution in [1.82, 2.24) is 5.32 Å². The third-order valence-corrected chi connectivity index (χ3v) is 4.89. The van der Waals surface area contributed by atoms with Crippen LogP contribution in [0, 0.1) is 17.3 Å². The first-order valence-corrected chi connectivity index (χ1v) is 7.62. The van der Waals surface area contributed by atoms with Gasteiger partial charge in [0.2, 0.25) is 5.91 Å². The molecule has 5 heteroatoms. The van der Waals surface area contributed by atoms with E-state index in [0.717, 1.165) is 38.5 Å². The monoisotopic (exact) mass is 283 g/mol. The smallest absolute Gasteiger partial charge is 0.308 e. The van der Waals surface area contributed by atoms with Crippen LogP contribution in [0.1, 0.15) is 45.4 Å². The molecular weight excluding hydrogens is 258 g/mol. The molecule has 1 amide bonds. The van der Waals surface area contributed by atoms with E-state index in [0.29, 0.717) is 13.2 Å². The van der Waals surface area contributed by atoms with Crippen molar-refractivity contribution in [2.75, 3.05) is 19.8 Å². The Morgan fingerprint density at radius 3 is 2.45 bits per heavy atom. The molecule has 0 radical (unpaired) electrons. The van der Waals surface area contributed by atoms with Crippen molar-refractivity contribution in [3.8, 4) is 0 Å². The number of ether oxygens (including phenoxy) is 1. The molecule has 1 unspecified atom stereocenters. The van der Waals surface area contributed by atoms with Crippen LogP contribution in [0.15, 0.2) is 0 Å². The van der Waals surface area contributed by atoms with Crippen LogP contribution in [0.5, 0.6) is 0 Å². The molecule has 0 aromatic heterocycles. The molecular formula is C15H25NO4. The number of hydrogen-bond acceptors (Lipinski definition) is 3. The molecule has 1 atom stereocenters. The van der Waals surface area contributed by atoms with Crippen molar-refractivity contribution in [2.45, 2.75) is 45.4 Å². The maximum absolute atomic E-state index is 12.2. The van der Waals surface area contributed by atoms with Crippen molar-refractivity contribution in [1.29, 1.82) is 0 Å². The molecule has 2 aliphatic rings. The Labute approximate surface area is 120 Å². The Morgan fingerprint density at radius 2 is 1.90 bits per heavy atom. The Hall–Kier alpha value is -1.10. The summed E-state index contributed by atoms with van der Waals surface area (Å²) in [6.45, 7) is 3.48. The summed E-state index contributed by atoms with van der Waals surface area (Å²) in [7, 11) is 0. The van der Waals surface area contributed by atoms with E-state index in [1.54, 1.807) is 0 Å². The van der Waals surface area contributed by atoms with Crippen LogP contribution in [0.3, 0.4) is 0 Å². The molecule has 1 aliphatic carbocycles. The van der Waals surface area contributed by atoms with Crippen LogP contribution in [0.4, 0.5) is 0 Å². The van der Waals surface area contributed by atoms with Gasteiger partial charge in [-0.15, -0.1) is 0 Å². The highest BCUT2D eigenvalue weighted by atomic mass is 16.5. The van der Waals surface area contributed by atoms with Gasteiger partial charge in [0, 0.05) is 25.2 Å². The van der Waals surface area contributed by atoms with Crippen molar-refractivity contribution in [3.63, 3.8) is 0 Å². The minimum atomic E-state index is -0.811. The Kier molecular flexibility index (Phi) is 5.02. The number of carboxylic acids is 1. The molecule has 0 bridgehead atoms. The van der Waals surface area contributed by atoms with Gasteiger partial charge in [-0.1, -0.05) is 19.8 Å². The number of hydrogen-bond donors (Lipinski definition) is 2. The van der Waals surface area contributed by atoms with Gasteiger partial charge in [-0.05, 0) is 31.6 Å². The van der Waals surface area contributed by atoms with Crippen molar-refractivity contribution < 1.29 is 19.4 Å². The first-order valence-electron chi connectivity index (χ1n) is 7.62. The minimum absolute atomic E-state index is 0.0216. The third kappa shape index (κ3) is 3.51. The van der Waals surface area contributed by atoms with Gasteiger partial charge in [0.1, 0.15) is 0 Å². The number of amides is 1. The number of carbonyl (C=O) groups excluding carboxylic acids is 1. The Morgan fingerprint density at radius 1 is 1.30 bits per heavy atom. The van der Waals surface area contributed by atoms with E-state index >= 15 is 0 Å². The van der Waals surface area contributed by atoms with E-state index in [1.807, 2.05) is 6.92 Å². The topological polar surface area (TPSA) is 75.6 Å². The number of carboxylic acid groups (broad SMARTS) is 1. The van der Waals surface area contributed by atoms with Gasteiger partial charge >= 0.3 is 5.97 Å². The average molecular weight is 283 g/mol. The maximum atomic E-state index is 12.2. The lowest BCUT2D eigenvalue weighted by molar-refractivity contribution is -0.145. The summed E-state index contributed by atoms with van der Waals surface area (Å²) in [4.78, 5) is 23.7. The molecule has 1 heterocycles. The fourth-order valence-electron chi connectivity index (χ4n) is 3.37. The highest BCUT2D eigenvalue weighted by Gasteiger charge is 2.37. The second-order valence-corrected chi connectivity index (χ2v) is 6.37. The lowest BCUT2D eigenvalue weighted by atomic mass is 9.84. The van der Waals surface area contributed by atoms with Crippen LogP contribution in [-0.4, -0.2) is 36.7 Å². The van der Waals surface area contributed by atoms with Gasteiger partial charge in [-0.3, -0.25) is 9.59 Å². The molecule has 1 aliphatic heterocycles. The highest BCUT2D eigenvalue weighted by molar-refractivity contribution is 5.83. The van der Waals surface area contributed by atoms with Crippen molar-refractivity contribution in [3.05, 3.63) is 0 Å². The zero-order chi connectivity index (χ0) is 14.6. The molecule has 1 saturated carbocycles. The van der Waals surface area contributed by atoms with Gasteiger partial charge in [0.15, 0.2) is 0 Å². The Balaban J connectivity index is 1.88.